The fraction of sp³-hybridized carbons (Fsp3) is 0.263. The molecule has 0 unspecified atom stereocenters. The van der Waals surface area contributed by atoms with Crippen LogP contribution < -0.4 is 10.7 Å². The van der Waals surface area contributed by atoms with Gasteiger partial charge < -0.3 is 5.32 Å². The van der Waals surface area contributed by atoms with Crippen LogP contribution >= 0.6 is 12.2 Å². The summed E-state index contributed by atoms with van der Waals surface area (Å²) in [6, 6.07) is 12.6. The summed E-state index contributed by atoms with van der Waals surface area (Å²) in [5.41, 5.74) is 7.51. The number of thiocarbonyl (C=S) groups is 1. The second-order valence-electron chi connectivity index (χ2n) is 6.39. The standard InChI is InChI=1S/C19H24N4O2S2/c1-13-6-11-18(14(2)12-13)20-19(26)22-21-15(3)16-7-9-17(10-8-16)27(24,25)23(4)5/h6-12H,1-5H3,(H2,20,22,26)/b21-15-. The van der Waals surface area contributed by atoms with Gasteiger partial charge in [0.05, 0.1) is 10.6 Å². The first-order valence-corrected chi connectivity index (χ1v) is 10.2. The molecule has 0 aliphatic heterocycles. The van der Waals surface area contributed by atoms with Crippen molar-refractivity contribution in [2.45, 2.75) is 25.7 Å². The Morgan fingerprint density at radius 3 is 2.26 bits per heavy atom. The van der Waals surface area contributed by atoms with Crippen molar-refractivity contribution in [2.75, 3.05) is 19.4 Å². The van der Waals surface area contributed by atoms with Crippen LogP contribution in [-0.4, -0.2) is 37.6 Å². The molecule has 0 spiro atoms. The Morgan fingerprint density at radius 2 is 1.70 bits per heavy atom. The highest BCUT2D eigenvalue weighted by Gasteiger charge is 2.16. The summed E-state index contributed by atoms with van der Waals surface area (Å²) in [5.74, 6) is 0. The fourth-order valence-electron chi connectivity index (χ4n) is 2.38. The van der Waals surface area contributed by atoms with Gasteiger partial charge in [-0.15, -0.1) is 0 Å². The van der Waals surface area contributed by atoms with Gasteiger partial charge >= 0.3 is 0 Å². The second kappa shape index (κ2) is 8.60. The molecule has 0 saturated carbocycles. The third-order valence-corrected chi connectivity index (χ3v) is 6.03. The lowest BCUT2D eigenvalue weighted by Gasteiger charge is -2.12. The van der Waals surface area contributed by atoms with E-state index in [0.29, 0.717) is 10.8 Å². The quantitative estimate of drug-likeness (QED) is 0.455. The maximum Gasteiger partial charge on any atom is 0.242 e. The number of aryl methyl sites for hydroxylation is 2. The minimum absolute atomic E-state index is 0.240. The lowest BCUT2D eigenvalue weighted by atomic mass is 10.1. The molecule has 0 bridgehead atoms. The van der Waals surface area contributed by atoms with E-state index in [0.717, 1.165) is 16.8 Å². The second-order valence-corrected chi connectivity index (χ2v) is 8.95. The highest BCUT2D eigenvalue weighted by molar-refractivity contribution is 7.89. The zero-order chi connectivity index (χ0) is 20.2. The van der Waals surface area contributed by atoms with Crippen LogP contribution in [0.2, 0.25) is 0 Å². The van der Waals surface area contributed by atoms with Gasteiger partial charge in [-0.05, 0) is 62.3 Å². The summed E-state index contributed by atoms with van der Waals surface area (Å²) in [6.07, 6.45) is 0. The van der Waals surface area contributed by atoms with Crippen LogP contribution in [0.3, 0.4) is 0 Å². The average molecular weight is 405 g/mol. The van der Waals surface area contributed by atoms with Crippen molar-refractivity contribution in [2.24, 2.45) is 5.10 Å². The minimum Gasteiger partial charge on any atom is -0.331 e. The Hall–Kier alpha value is -2.29. The van der Waals surface area contributed by atoms with Crippen LogP contribution in [0, 0.1) is 13.8 Å². The third-order valence-electron chi connectivity index (χ3n) is 4.01. The molecule has 0 heterocycles. The molecule has 6 nitrogen and oxygen atoms in total. The molecule has 2 rings (SSSR count). The molecule has 0 amide bonds. The Bertz CT molecular complexity index is 966. The number of nitrogens with one attached hydrogen (secondary N) is 2. The normalized spacial score (nSPS) is 12.1. The smallest absolute Gasteiger partial charge is 0.242 e. The van der Waals surface area contributed by atoms with E-state index in [2.05, 4.69) is 21.9 Å². The first kappa shape index (κ1) is 21.0. The number of hydrogen-bond acceptors (Lipinski definition) is 4. The highest BCUT2D eigenvalue weighted by Crippen LogP contribution is 2.16. The monoisotopic (exact) mass is 404 g/mol. The molecule has 0 aliphatic rings. The van der Waals surface area contributed by atoms with Crippen molar-refractivity contribution in [3.8, 4) is 0 Å². The molecule has 0 atom stereocenters. The van der Waals surface area contributed by atoms with Gasteiger partial charge in [0, 0.05) is 19.8 Å². The number of anilines is 1. The number of benzene rings is 2. The van der Waals surface area contributed by atoms with Crippen LogP contribution in [0.5, 0.6) is 0 Å². The van der Waals surface area contributed by atoms with E-state index in [-0.39, 0.29) is 4.90 Å². The summed E-state index contributed by atoms with van der Waals surface area (Å²) in [6.45, 7) is 5.87. The maximum absolute atomic E-state index is 12.1. The lowest BCUT2D eigenvalue weighted by Crippen LogP contribution is -2.25. The predicted molar refractivity (Wildman–Crippen MR) is 115 cm³/mol. The van der Waals surface area contributed by atoms with E-state index in [1.54, 1.807) is 24.3 Å². The third kappa shape index (κ3) is 5.35. The maximum atomic E-state index is 12.1. The molecule has 2 N–H and O–H groups in total. The molecule has 8 heteroatoms. The molecule has 27 heavy (non-hydrogen) atoms. The Labute approximate surface area is 166 Å². The Morgan fingerprint density at radius 1 is 1.07 bits per heavy atom. The number of hydrazone groups is 1. The van der Waals surface area contributed by atoms with Gasteiger partial charge in [-0.3, -0.25) is 5.43 Å². The van der Waals surface area contributed by atoms with Crippen LogP contribution in [0.25, 0.3) is 0 Å². The first-order chi connectivity index (χ1) is 12.6. The van der Waals surface area contributed by atoms with Crippen LogP contribution in [0.15, 0.2) is 52.5 Å². The lowest BCUT2D eigenvalue weighted by molar-refractivity contribution is 0.521. The molecular weight excluding hydrogens is 380 g/mol. The summed E-state index contributed by atoms with van der Waals surface area (Å²) < 4.78 is 25.4. The molecule has 2 aromatic rings. The van der Waals surface area contributed by atoms with Crippen LogP contribution in [0.4, 0.5) is 5.69 Å². The Kier molecular flexibility index (Phi) is 6.69. The molecule has 0 aliphatic carbocycles. The summed E-state index contributed by atoms with van der Waals surface area (Å²) in [5, 5.41) is 7.76. The molecule has 0 saturated heterocycles. The van der Waals surface area contributed by atoms with Gasteiger partial charge in [0.15, 0.2) is 5.11 Å². The SMILES string of the molecule is C/C(=N/NC(=S)Nc1ccc(C)cc1C)c1ccc(S(=O)(=O)N(C)C)cc1. The van der Waals surface area contributed by atoms with Gasteiger partial charge in [0.2, 0.25) is 10.0 Å². The largest absolute Gasteiger partial charge is 0.331 e. The van der Waals surface area contributed by atoms with Crippen molar-refractivity contribution in [1.82, 2.24) is 9.73 Å². The van der Waals surface area contributed by atoms with Crippen LogP contribution in [0.1, 0.15) is 23.6 Å². The average Bonchev–Trinajstić information content (AvgIpc) is 2.62. The molecular formula is C19H24N4O2S2. The number of rotatable bonds is 5. The van der Waals surface area contributed by atoms with Gasteiger partial charge in [0.25, 0.3) is 0 Å². The summed E-state index contributed by atoms with van der Waals surface area (Å²) >= 11 is 5.28. The topological polar surface area (TPSA) is 73.8 Å². The van der Waals surface area contributed by atoms with Gasteiger partial charge in [-0.25, -0.2) is 12.7 Å². The van der Waals surface area contributed by atoms with E-state index in [4.69, 9.17) is 12.2 Å². The molecule has 144 valence electrons. The van der Waals surface area contributed by atoms with Gasteiger partial charge in [-0.1, -0.05) is 29.8 Å². The Balaban J connectivity index is 2.05. The van der Waals surface area contributed by atoms with Gasteiger partial charge in [0.1, 0.15) is 0 Å². The van der Waals surface area contributed by atoms with Crippen molar-refractivity contribution < 1.29 is 8.42 Å². The van der Waals surface area contributed by atoms with E-state index in [9.17, 15) is 8.42 Å². The fourth-order valence-corrected chi connectivity index (χ4v) is 3.44. The van der Waals surface area contributed by atoms with E-state index < -0.39 is 10.0 Å². The summed E-state index contributed by atoms with van der Waals surface area (Å²) in [7, 11) is -0.433. The zero-order valence-electron chi connectivity index (χ0n) is 16.1. The molecule has 0 radical (unpaired) electrons. The predicted octanol–water partition coefficient (Wildman–Crippen LogP) is 3.26. The van der Waals surface area contributed by atoms with E-state index >= 15 is 0 Å². The van der Waals surface area contributed by atoms with Crippen molar-refractivity contribution in [3.05, 3.63) is 59.2 Å². The van der Waals surface area contributed by atoms with Crippen LogP contribution in [-0.2, 0) is 10.0 Å². The molecule has 2 aromatic carbocycles. The van der Waals surface area contributed by atoms with Crippen molar-refractivity contribution in [3.63, 3.8) is 0 Å². The van der Waals surface area contributed by atoms with Crippen molar-refractivity contribution in [1.29, 1.82) is 0 Å². The van der Waals surface area contributed by atoms with E-state index in [1.165, 1.54) is 24.0 Å². The molecule has 0 fully saturated rings. The van der Waals surface area contributed by atoms with Crippen molar-refractivity contribution >= 4 is 38.8 Å². The van der Waals surface area contributed by atoms with Gasteiger partial charge in [-0.2, -0.15) is 5.10 Å². The summed E-state index contributed by atoms with van der Waals surface area (Å²) in [4.78, 5) is 0.240. The number of sulfonamides is 1. The number of nitrogens with zero attached hydrogens (tertiary/aromatic N) is 2. The molecule has 0 aromatic heterocycles. The minimum atomic E-state index is -3.44. The zero-order valence-corrected chi connectivity index (χ0v) is 17.7. The first-order valence-electron chi connectivity index (χ1n) is 8.33. The highest BCUT2D eigenvalue weighted by atomic mass is 32.2. The number of hydrogen-bond donors (Lipinski definition) is 2. The van der Waals surface area contributed by atoms with E-state index in [1.807, 2.05) is 32.9 Å².